The van der Waals surface area contributed by atoms with E-state index >= 15 is 0 Å². The first-order valence-electron chi connectivity index (χ1n) is 12.2. The fourth-order valence-electron chi connectivity index (χ4n) is 4.21. The molecule has 0 unspecified atom stereocenters. The predicted molar refractivity (Wildman–Crippen MR) is 118 cm³/mol. The van der Waals surface area contributed by atoms with Gasteiger partial charge in [-0.05, 0) is 38.5 Å². The van der Waals surface area contributed by atoms with Crippen molar-refractivity contribution in [1.29, 1.82) is 0 Å². The van der Waals surface area contributed by atoms with Crippen LogP contribution in [0.5, 0.6) is 0 Å². The Kier molecular flexibility index (Phi) is 13.4. The van der Waals surface area contributed by atoms with E-state index in [1.807, 2.05) is 0 Å². The van der Waals surface area contributed by atoms with Crippen LogP contribution in [0, 0.1) is 0 Å². The summed E-state index contributed by atoms with van der Waals surface area (Å²) < 4.78 is 0. The number of aliphatic imine (C=N–C) groups is 1. The van der Waals surface area contributed by atoms with Crippen LogP contribution < -0.4 is 0 Å². The molecule has 0 amide bonds. The minimum absolute atomic E-state index is 0.896. The van der Waals surface area contributed by atoms with Crippen molar-refractivity contribution in [3.8, 4) is 0 Å². The van der Waals surface area contributed by atoms with Gasteiger partial charge in [-0.3, -0.25) is 4.99 Å². The molecule has 27 heavy (non-hydrogen) atoms. The van der Waals surface area contributed by atoms with Crippen molar-refractivity contribution in [2.45, 2.75) is 135 Å². The molecule has 0 radical (unpaired) electrons. The molecule has 0 aromatic heterocycles. The molecule has 1 heterocycles. The largest absolute Gasteiger partial charge is 0.342 e. The Bertz CT molecular complexity index is 403. The van der Waals surface area contributed by atoms with Crippen LogP contribution in [-0.2, 0) is 4.84 Å². The van der Waals surface area contributed by atoms with Crippen LogP contribution in [-0.4, -0.2) is 18.2 Å². The number of rotatable bonds is 1. The zero-order valence-electron chi connectivity index (χ0n) is 17.9. The predicted octanol–water partition coefficient (Wildman–Crippen LogP) is 7.98. The smallest absolute Gasteiger partial charge is 0.220 e. The van der Waals surface area contributed by atoms with Crippen LogP contribution in [0.4, 0.5) is 0 Å². The lowest BCUT2D eigenvalue weighted by molar-refractivity contribution is 0.310. The van der Waals surface area contributed by atoms with Crippen LogP contribution in [0.15, 0.2) is 10.1 Å². The van der Waals surface area contributed by atoms with E-state index in [-0.39, 0.29) is 0 Å². The molecule has 0 bridgehead atoms. The third kappa shape index (κ3) is 12.3. The van der Waals surface area contributed by atoms with E-state index in [0.29, 0.717) is 0 Å². The van der Waals surface area contributed by atoms with E-state index in [4.69, 9.17) is 9.83 Å². The normalized spacial score (nSPS) is 23.4. The van der Waals surface area contributed by atoms with Gasteiger partial charge in [0.2, 0.25) is 5.90 Å². The molecule has 2 rings (SSSR count). The van der Waals surface area contributed by atoms with Gasteiger partial charge in [0.15, 0.2) is 0 Å². The first-order valence-corrected chi connectivity index (χ1v) is 12.2. The molecular weight excluding hydrogens is 332 g/mol. The molecule has 1 fully saturated rings. The Balaban J connectivity index is 1.83. The Morgan fingerprint density at radius 3 is 1.41 bits per heavy atom. The van der Waals surface area contributed by atoms with Gasteiger partial charge in [0.1, 0.15) is 0 Å². The summed E-state index contributed by atoms with van der Waals surface area (Å²) in [4.78, 5) is 10.7. The second kappa shape index (κ2) is 16.1. The van der Waals surface area contributed by atoms with Crippen molar-refractivity contribution in [2.75, 3.05) is 6.54 Å². The summed E-state index contributed by atoms with van der Waals surface area (Å²) in [5, 5.41) is 4.61. The van der Waals surface area contributed by atoms with Crippen molar-refractivity contribution < 1.29 is 4.84 Å². The van der Waals surface area contributed by atoms with Gasteiger partial charge in [-0.25, -0.2) is 0 Å². The maximum atomic E-state index is 5.92. The fraction of sp³-hybridized carbons (Fsp3) is 0.917. The molecule has 1 saturated carbocycles. The third-order valence-electron chi connectivity index (χ3n) is 6.05. The van der Waals surface area contributed by atoms with Gasteiger partial charge in [0, 0.05) is 13.0 Å². The number of hydrogen-bond acceptors (Lipinski definition) is 3. The number of oxime groups is 1. The van der Waals surface area contributed by atoms with Gasteiger partial charge in [-0.2, -0.15) is 0 Å². The van der Waals surface area contributed by atoms with Crippen LogP contribution in [0.3, 0.4) is 0 Å². The first kappa shape index (κ1) is 22.4. The molecule has 1 aliphatic carbocycles. The standard InChI is InChI=1S/C24H44N2O/c1-3-7-11-15-19-23(20-16-12-8-4-1)26-27-24-21-17-13-9-5-2-6-10-14-18-22-25-24/h1-22H2. The third-order valence-corrected chi connectivity index (χ3v) is 6.05. The van der Waals surface area contributed by atoms with E-state index in [1.165, 1.54) is 121 Å². The highest BCUT2D eigenvalue weighted by atomic mass is 16.6. The molecule has 0 atom stereocenters. The highest BCUT2D eigenvalue weighted by molar-refractivity contribution is 5.85. The molecule has 156 valence electrons. The summed E-state index contributed by atoms with van der Waals surface area (Å²) in [7, 11) is 0. The van der Waals surface area contributed by atoms with Gasteiger partial charge in [0.25, 0.3) is 0 Å². The van der Waals surface area contributed by atoms with E-state index < -0.39 is 0 Å². The molecule has 1 aliphatic heterocycles. The molecule has 0 aromatic rings. The lowest BCUT2D eigenvalue weighted by Crippen LogP contribution is -2.07. The molecule has 3 nitrogen and oxygen atoms in total. The number of hydrogen-bond donors (Lipinski definition) is 0. The Labute approximate surface area is 168 Å². The highest BCUT2D eigenvalue weighted by Gasteiger charge is 2.07. The summed E-state index contributed by atoms with van der Waals surface area (Å²) in [6.45, 7) is 0.917. The fourth-order valence-corrected chi connectivity index (χ4v) is 4.21. The summed E-state index contributed by atoms with van der Waals surface area (Å²) in [5.74, 6) is 0.896. The van der Waals surface area contributed by atoms with Crippen molar-refractivity contribution in [3.05, 3.63) is 0 Å². The Hall–Kier alpha value is -0.860. The summed E-state index contributed by atoms with van der Waals surface area (Å²) in [6, 6.07) is 0. The first-order chi connectivity index (χ1) is 13.4. The van der Waals surface area contributed by atoms with Crippen LogP contribution in [0.2, 0.25) is 0 Å². The van der Waals surface area contributed by atoms with Gasteiger partial charge >= 0.3 is 0 Å². The highest BCUT2D eigenvalue weighted by Crippen LogP contribution is 2.17. The molecule has 2 aliphatic rings. The lowest BCUT2D eigenvalue weighted by Gasteiger charge is -2.10. The zero-order valence-corrected chi connectivity index (χ0v) is 17.9. The van der Waals surface area contributed by atoms with Crippen molar-refractivity contribution in [1.82, 2.24) is 0 Å². The van der Waals surface area contributed by atoms with Crippen molar-refractivity contribution in [2.24, 2.45) is 10.1 Å². The number of nitrogens with zero attached hydrogens (tertiary/aromatic N) is 2. The van der Waals surface area contributed by atoms with E-state index in [9.17, 15) is 0 Å². The summed E-state index contributed by atoms with van der Waals surface area (Å²) in [5.41, 5.74) is 1.28. The van der Waals surface area contributed by atoms with E-state index in [2.05, 4.69) is 5.16 Å². The molecular formula is C24H44N2O. The van der Waals surface area contributed by atoms with Gasteiger partial charge < -0.3 is 4.84 Å². The van der Waals surface area contributed by atoms with Crippen LogP contribution in [0.25, 0.3) is 0 Å². The average molecular weight is 377 g/mol. The summed E-state index contributed by atoms with van der Waals surface area (Å²) >= 11 is 0. The average Bonchev–Trinajstić information content (AvgIpc) is 2.69. The minimum Gasteiger partial charge on any atom is -0.342 e. The SMILES string of the molecule is C1CCCCCC(=NOC2=NCCCCCCCCCCC2)CCCCC1. The van der Waals surface area contributed by atoms with Crippen molar-refractivity contribution in [3.63, 3.8) is 0 Å². The second-order valence-corrected chi connectivity index (χ2v) is 8.64. The van der Waals surface area contributed by atoms with Gasteiger partial charge in [0.05, 0.1) is 5.71 Å². The minimum atomic E-state index is 0.896. The molecule has 3 heteroatoms. The van der Waals surface area contributed by atoms with E-state index in [0.717, 1.165) is 31.7 Å². The van der Waals surface area contributed by atoms with E-state index in [1.54, 1.807) is 0 Å². The zero-order chi connectivity index (χ0) is 18.8. The van der Waals surface area contributed by atoms with Gasteiger partial charge in [-0.1, -0.05) is 95.0 Å². The van der Waals surface area contributed by atoms with Gasteiger partial charge in [-0.15, -0.1) is 0 Å². The Morgan fingerprint density at radius 2 is 0.889 bits per heavy atom. The second-order valence-electron chi connectivity index (χ2n) is 8.64. The lowest BCUT2D eigenvalue weighted by atomic mass is 10.00. The Morgan fingerprint density at radius 1 is 0.481 bits per heavy atom. The summed E-state index contributed by atoms with van der Waals surface area (Å²) in [6.07, 6.45) is 27.5. The van der Waals surface area contributed by atoms with Crippen LogP contribution in [0.1, 0.15) is 135 Å². The molecule has 0 spiro atoms. The van der Waals surface area contributed by atoms with Crippen LogP contribution >= 0.6 is 0 Å². The maximum absolute atomic E-state index is 5.92. The molecule has 0 N–H and O–H groups in total. The maximum Gasteiger partial charge on any atom is 0.220 e. The molecule has 0 saturated heterocycles. The molecule has 0 aromatic carbocycles. The monoisotopic (exact) mass is 376 g/mol. The topological polar surface area (TPSA) is 34.0 Å². The quantitative estimate of drug-likeness (QED) is 0.427. The van der Waals surface area contributed by atoms with Crippen molar-refractivity contribution >= 4 is 11.6 Å².